The van der Waals surface area contributed by atoms with Crippen LogP contribution in [0.15, 0.2) is 75.8 Å². The number of aryl methyl sites for hydroxylation is 1. The van der Waals surface area contributed by atoms with Gasteiger partial charge in [0.05, 0.1) is 6.26 Å². The molecule has 2 aromatic heterocycles. The van der Waals surface area contributed by atoms with Crippen LogP contribution in [-0.2, 0) is 0 Å². The maximum absolute atomic E-state index is 12.9. The molecule has 1 aliphatic rings. The maximum atomic E-state index is 12.9. The molecule has 0 aliphatic carbocycles. The summed E-state index contributed by atoms with van der Waals surface area (Å²) in [6, 6.07) is 18.3. The van der Waals surface area contributed by atoms with Crippen LogP contribution in [0.4, 0.5) is 0 Å². The fourth-order valence-electron chi connectivity index (χ4n) is 3.76. The van der Waals surface area contributed by atoms with Gasteiger partial charge in [-0.25, -0.2) is 0 Å². The van der Waals surface area contributed by atoms with E-state index in [-0.39, 0.29) is 11.8 Å². The molecule has 8 heteroatoms. The highest BCUT2D eigenvalue weighted by Gasteiger charge is 2.26. The normalized spacial score (nSPS) is 13.8. The van der Waals surface area contributed by atoms with Crippen LogP contribution in [0.5, 0.6) is 0 Å². The fourth-order valence-corrected chi connectivity index (χ4v) is 3.76. The molecule has 3 heterocycles. The summed E-state index contributed by atoms with van der Waals surface area (Å²) in [5, 5.41) is 8.27. The molecule has 0 atom stereocenters. The second kappa shape index (κ2) is 8.74. The number of hydrogen-bond acceptors (Lipinski definition) is 6. The number of rotatable bonds is 4. The van der Waals surface area contributed by atoms with Crippen LogP contribution in [-0.4, -0.2) is 58.0 Å². The van der Waals surface area contributed by atoms with Crippen LogP contribution >= 0.6 is 0 Å². The summed E-state index contributed by atoms with van der Waals surface area (Å²) in [6.45, 7) is 3.89. The fraction of sp³-hybridized carbons (Fsp3) is 0.200. The Morgan fingerprint density at radius 2 is 1.30 bits per heavy atom. The van der Waals surface area contributed by atoms with Crippen molar-refractivity contribution in [2.45, 2.75) is 6.92 Å². The Bertz CT molecular complexity index is 1250. The minimum absolute atomic E-state index is 0.0717. The number of aromatic nitrogens is 2. The first-order chi connectivity index (χ1) is 16.1. The number of furan rings is 1. The molecule has 8 nitrogen and oxygen atoms in total. The summed E-state index contributed by atoms with van der Waals surface area (Å²) >= 11 is 0. The van der Waals surface area contributed by atoms with Gasteiger partial charge < -0.3 is 18.6 Å². The topological polar surface area (TPSA) is 92.7 Å². The predicted molar refractivity (Wildman–Crippen MR) is 120 cm³/mol. The van der Waals surface area contributed by atoms with E-state index in [9.17, 15) is 9.59 Å². The van der Waals surface area contributed by atoms with Gasteiger partial charge >= 0.3 is 0 Å². The molecule has 0 bridgehead atoms. The van der Waals surface area contributed by atoms with E-state index in [2.05, 4.69) is 10.2 Å². The third-order valence-electron chi connectivity index (χ3n) is 5.69. The molecule has 1 saturated heterocycles. The molecule has 4 aromatic rings. The number of amides is 2. The maximum Gasteiger partial charge on any atom is 0.289 e. The number of nitrogens with zero attached hydrogens (tertiary/aromatic N) is 4. The zero-order valence-electron chi connectivity index (χ0n) is 18.1. The highest BCUT2D eigenvalue weighted by molar-refractivity contribution is 5.95. The van der Waals surface area contributed by atoms with Crippen LogP contribution in [0.3, 0.4) is 0 Å². The molecule has 0 unspecified atom stereocenters. The summed E-state index contributed by atoms with van der Waals surface area (Å²) in [7, 11) is 0. The van der Waals surface area contributed by atoms with Crippen LogP contribution in [0, 0.1) is 6.92 Å². The van der Waals surface area contributed by atoms with Gasteiger partial charge in [0, 0.05) is 42.9 Å². The Hall–Kier alpha value is -4.20. The minimum atomic E-state index is -0.152. The van der Waals surface area contributed by atoms with Gasteiger partial charge in [0.25, 0.3) is 11.8 Å². The van der Waals surface area contributed by atoms with E-state index >= 15 is 0 Å². The summed E-state index contributed by atoms with van der Waals surface area (Å²) in [4.78, 5) is 28.8. The summed E-state index contributed by atoms with van der Waals surface area (Å²) in [6.07, 6.45) is 1.48. The van der Waals surface area contributed by atoms with Crippen LogP contribution in [0.25, 0.3) is 22.9 Å². The molecule has 166 valence electrons. The Labute approximate surface area is 190 Å². The SMILES string of the molecule is Cc1ccc(-c2nnc(-c3ccc(C(=O)N4CCN(C(=O)c5ccco5)CC4)cc3)o2)cc1. The molecule has 0 radical (unpaired) electrons. The van der Waals surface area contributed by atoms with Crippen LogP contribution in [0.2, 0.25) is 0 Å². The smallest absolute Gasteiger partial charge is 0.289 e. The van der Waals surface area contributed by atoms with E-state index in [1.165, 1.54) is 6.26 Å². The highest BCUT2D eigenvalue weighted by Crippen LogP contribution is 2.24. The predicted octanol–water partition coefficient (Wildman–Crippen LogP) is 3.90. The molecule has 33 heavy (non-hydrogen) atoms. The van der Waals surface area contributed by atoms with Gasteiger partial charge in [0.2, 0.25) is 11.8 Å². The van der Waals surface area contributed by atoms with E-state index in [0.717, 1.165) is 16.7 Å². The van der Waals surface area contributed by atoms with Gasteiger partial charge in [0.15, 0.2) is 5.76 Å². The van der Waals surface area contributed by atoms with E-state index < -0.39 is 0 Å². The lowest BCUT2D eigenvalue weighted by atomic mass is 10.1. The molecule has 0 spiro atoms. The summed E-state index contributed by atoms with van der Waals surface area (Å²) in [5.74, 6) is 0.942. The van der Waals surface area contributed by atoms with Gasteiger partial charge in [-0.2, -0.15) is 0 Å². The molecule has 1 fully saturated rings. The van der Waals surface area contributed by atoms with Crippen molar-refractivity contribution < 1.29 is 18.4 Å². The third-order valence-corrected chi connectivity index (χ3v) is 5.69. The van der Waals surface area contributed by atoms with Gasteiger partial charge in [-0.3, -0.25) is 9.59 Å². The van der Waals surface area contributed by atoms with Crippen LogP contribution < -0.4 is 0 Å². The van der Waals surface area contributed by atoms with E-state index in [4.69, 9.17) is 8.83 Å². The number of carbonyl (C=O) groups excluding carboxylic acids is 2. The van der Waals surface area contributed by atoms with Crippen molar-refractivity contribution in [2.24, 2.45) is 0 Å². The van der Waals surface area contributed by atoms with Gasteiger partial charge in [-0.15, -0.1) is 10.2 Å². The van der Waals surface area contributed by atoms with Crippen molar-refractivity contribution in [3.63, 3.8) is 0 Å². The zero-order valence-corrected chi connectivity index (χ0v) is 18.1. The molecule has 1 aliphatic heterocycles. The molecule has 0 saturated carbocycles. The molecule has 0 N–H and O–H groups in total. The lowest BCUT2D eigenvalue weighted by Crippen LogP contribution is -2.50. The number of benzene rings is 2. The molecular formula is C25H22N4O4. The number of carbonyl (C=O) groups is 2. The second-order valence-electron chi connectivity index (χ2n) is 7.92. The first-order valence-corrected chi connectivity index (χ1v) is 10.7. The van der Waals surface area contributed by atoms with Gasteiger partial charge in [-0.1, -0.05) is 17.7 Å². The Morgan fingerprint density at radius 3 is 1.85 bits per heavy atom. The quantitative estimate of drug-likeness (QED) is 0.476. The lowest BCUT2D eigenvalue weighted by molar-refractivity contribution is 0.0518. The highest BCUT2D eigenvalue weighted by atomic mass is 16.4. The monoisotopic (exact) mass is 442 g/mol. The van der Waals surface area contributed by atoms with Gasteiger partial charge in [0.1, 0.15) is 0 Å². The average Bonchev–Trinajstić information content (AvgIpc) is 3.57. The van der Waals surface area contributed by atoms with Crippen molar-refractivity contribution in [2.75, 3.05) is 26.2 Å². The molecular weight excluding hydrogens is 420 g/mol. The van der Waals surface area contributed by atoms with Crippen molar-refractivity contribution in [1.82, 2.24) is 20.0 Å². The first-order valence-electron chi connectivity index (χ1n) is 10.7. The average molecular weight is 442 g/mol. The Balaban J connectivity index is 1.22. The van der Waals surface area contributed by atoms with Crippen molar-refractivity contribution in [1.29, 1.82) is 0 Å². The molecule has 5 rings (SSSR count). The standard InChI is InChI=1S/C25H22N4O4/c1-17-4-6-18(7-5-17)22-26-27-23(33-22)19-8-10-20(11-9-19)24(30)28-12-14-29(15-13-28)25(31)21-3-2-16-32-21/h2-11,16H,12-15H2,1H3. The Morgan fingerprint density at radius 1 is 0.758 bits per heavy atom. The van der Waals surface area contributed by atoms with E-state index in [1.54, 1.807) is 46.2 Å². The second-order valence-corrected chi connectivity index (χ2v) is 7.92. The number of piperazine rings is 1. The summed E-state index contributed by atoms with van der Waals surface area (Å²) < 4.78 is 11.0. The van der Waals surface area contributed by atoms with Gasteiger partial charge in [-0.05, 0) is 55.5 Å². The van der Waals surface area contributed by atoms with Crippen molar-refractivity contribution in [3.05, 3.63) is 83.8 Å². The Kier molecular flexibility index (Phi) is 5.48. The summed E-state index contributed by atoms with van der Waals surface area (Å²) in [5.41, 5.74) is 3.33. The largest absolute Gasteiger partial charge is 0.459 e. The number of hydrogen-bond donors (Lipinski definition) is 0. The molecule has 2 amide bonds. The lowest BCUT2D eigenvalue weighted by Gasteiger charge is -2.34. The molecule has 2 aromatic carbocycles. The zero-order chi connectivity index (χ0) is 22.8. The van der Waals surface area contributed by atoms with Crippen molar-refractivity contribution >= 4 is 11.8 Å². The first kappa shape index (κ1) is 20.7. The third kappa shape index (κ3) is 4.27. The van der Waals surface area contributed by atoms with Crippen molar-refractivity contribution in [3.8, 4) is 22.9 Å². The minimum Gasteiger partial charge on any atom is -0.459 e. The van der Waals surface area contributed by atoms with Crippen LogP contribution in [0.1, 0.15) is 26.5 Å². The van der Waals surface area contributed by atoms with E-state index in [0.29, 0.717) is 49.3 Å². The van der Waals surface area contributed by atoms with E-state index in [1.807, 2.05) is 31.2 Å².